The van der Waals surface area contributed by atoms with Crippen LogP contribution in [0, 0.1) is 0 Å². The van der Waals surface area contributed by atoms with Crippen molar-refractivity contribution in [1.82, 2.24) is 4.90 Å². The SMILES string of the molecule is CCN(C1CC1)C(C)(CN)COC. The standard InChI is InChI=1S/C10H22N2O/c1-4-12(9-5-6-9)10(2,7-11)8-13-3/h9H,4-8,11H2,1-3H3. The molecule has 0 aromatic heterocycles. The van der Waals surface area contributed by atoms with E-state index in [1.165, 1.54) is 12.8 Å². The van der Waals surface area contributed by atoms with Gasteiger partial charge in [0.2, 0.25) is 0 Å². The number of nitrogens with zero attached hydrogens (tertiary/aromatic N) is 1. The molecule has 0 amide bonds. The number of hydrogen-bond acceptors (Lipinski definition) is 3. The molecule has 1 aliphatic carbocycles. The van der Waals surface area contributed by atoms with Crippen LogP contribution in [0.4, 0.5) is 0 Å². The van der Waals surface area contributed by atoms with E-state index < -0.39 is 0 Å². The minimum atomic E-state index is 0.0324. The zero-order valence-corrected chi connectivity index (χ0v) is 9.05. The van der Waals surface area contributed by atoms with Gasteiger partial charge in [-0.25, -0.2) is 0 Å². The Morgan fingerprint density at radius 2 is 2.15 bits per heavy atom. The maximum absolute atomic E-state index is 5.81. The Hall–Kier alpha value is -0.120. The van der Waals surface area contributed by atoms with E-state index >= 15 is 0 Å². The van der Waals surface area contributed by atoms with Gasteiger partial charge in [-0.3, -0.25) is 4.90 Å². The molecule has 0 heterocycles. The lowest BCUT2D eigenvalue weighted by Gasteiger charge is -2.39. The summed E-state index contributed by atoms with van der Waals surface area (Å²) >= 11 is 0. The van der Waals surface area contributed by atoms with Gasteiger partial charge in [-0.15, -0.1) is 0 Å². The first kappa shape index (κ1) is 11.0. The van der Waals surface area contributed by atoms with Crippen LogP contribution in [0.25, 0.3) is 0 Å². The molecule has 0 saturated heterocycles. The highest BCUT2D eigenvalue weighted by Crippen LogP contribution is 2.32. The second kappa shape index (κ2) is 4.40. The van der Waals surface area contributed by atoms with E-state index in [-0.39, 0.29) is 5.54 Å². The minimum absolute atomic E-state index is 0.0324. The van der Waals surface area contributed by atoms with Crippen molar-refractivity contribution in [3.05, 3.63) is 0 Å². The Morgan fingerprint density at radius 1 is 1.54 bits per heavy atom. The molecular formula is C10H22N2O. The number of nitrogens with two attached hydrogens (primary N) is 1. The first-order valence-corrected chi connectivity index (χ1v) is 5.13. The number of methoxy groups -OCH3 is 1. The Balaban J connectivity index is 2.59. The smallest absolute Gasteiger partial charge is 0.0656 e. The molecule has 0 aromatic carbocycles. The molecule has 0 aromatic rings. The third-order valence-electron chi connectivity index (χ3n) is 2.92. The van der Waals surface area contributed by atoms with Crippen LogP contribution in [-0.4, -0.2) is 43.3 Å². The van der Waals surface area contributed by atoms with Crippen LogP contribution in [0.3, 0.4) is 0 Å². The van der Waals surface area contributed by atoms with Crippen LogP contribution < -0.4 is 5.73 Å². The quantitative estimate of drug-likeness (QED) is 0.668. The summed E-state index contributed by atoms with van der Waals surface area (Å²) in [6, 6.07) is 0.758. The normalized spacial score (nSPS) is 21.9. The first-order chi connectivity index (χ1) is 6.18. The van der Waals surface area contributed by atoms with E-state index in [1.807, 2.05) is 0 Å². The van der Waals surface area contributed by atoms with Crippen molar-refractivity contribution in [2.24, 2.45) is 5.73 Å². The van der Waals surface area contributed by atoms with Crippen LogP contribution >= 0.6 is 0 Å². The lowest BCUT2D eigenvalue weighted by atomic mass is 10.0. The number of likely N-dealkylation sites (N-methyl/N-ethyl adjacent to an activating group) is 1. The average Bonchev–Trinajstić information content (AvgIpc) is 2.90. The molecular weight excluding hydrogens is 164 g/mol. The van der Waals surface area contributed by atoms with Gasteiger partial charge in [0.25, 0.3) is 0 Å². The highest BCUT2D eigenvalue weighted by Gasteiger charge is 2.39. The van der Waals surface area contributed by atoms with E-state index in [0.29, 0.717) is 6.54 Å². The summed E-state index contributed by atoms with van der Waals surface area (Å²) in [5.74, 6) is 0. The van der Waals surface area contributed by atoms with Crippen molar-refractivity contribution >= 4 is 0 Å². The average molecular weight is 186 g/mol. The fraction of sp³-hybridized carbons (Fsp3) is 1.00. The van der Waals surface area contributed by atoms with Gasteiger partial charge in [-0.1, -0.05) is 6.92 Å². The summed E-state index contributed by atoms with van der Waals surface area (Å²) in [6.07, 6.45) is 2.65. The monoisotopic (exact) mass is 186 g/mol. The van der Waals surface area contributed by atoms with Crippen LogP contribution in [-0.2, 0) is 4.74 Å². The molecule has 3 heteroatoms. The minimum Gasteiger partial charge on any atom is -0.383 e. The molecule has 3 nitrogen and oxygen atoms in total. The largest absolute Gasteiger partial charge is 0.383 e. The molecule has 1 unspecified atom stereocenters. The molecule has 1 saturated carbocycles. The molecule has 1 fully saturated rings. The van der Waals surface area contributed by atoms with Crippen molar-refractivity contribution in [3.63, 3.8) is 0 Å². The molecule has 78 valence electrons. The molecule has 0 spiro atoms. The fourth-order valence-corrected chi connectivity index (χ4v) is 2.04. The summed E-state index contributed by atoms with van der Waals surface area (Å²) in [6.45, 7) is 6.86. The topological polar surface area (TPSA) is 38.5 Å². The highest BCUT2D eigenvalue weighted by atomic mass is 16.5. The Labute approximate surface area is 81.2 Å². The predicted octanol–water partition coefficient (Wildman–Crippen LogP) is 0.834. The Morgan fingerprint density at radius 3 is 2.46 bits per heavy atom. The Kier molecular flexibility index (Phi) is 3.71. The first-order valence-electron chi connectivity index (χ1n) is 5.13. The van der Waals surface area contributed by atoms with Gasteiger partial charge < -0.3 is 10.5 Å². The maximum atomic E-state index is 5.81. The molecule has 1 aliphatic rings. The van der Waals surface area contributed by atoms with E-state index in [0.717, 1.165) is 19.2 Å². The zero-order valence-electron chi connectivity index (χ0n) is 9.05. The van der Waals surface area contributed by atoms with Crippen molar-refractivity contribution in [2.75, 3.05) is 26.8 Å². The molecule has 13 heavy (non-hydrogen) atoms. The Bertz CT molecular complexity index is 159. The lowest BCUT2D eigenvalue weighted by Crippen LogP contribution is -2.55. The number of hydrogen-bond donors (Lipinski definition) is 1. The molecule has 0 aliphatic heterocycles. The van der Waals surface area contributed by atoms with Crippen LogP contribution in [0.15, 0.2) is 0 Å². The lowest BCUT2D eigenvalue weighted by molar-refractivity contribution is 0.0247. The third-order valence-corrected chi connectivity index (χ3v) is 2.92. The molecule has 2 N–H and O–H groups in total. The highest BCUT2D eigenvalue weighted by molar-refractivity contribution is 4.96. The number of rotatable bonds is 6. The van der Waals surface area contributed by atoms with Gasteiger partial charge in [0.1, 0.15) is 0 Å². The van der Waals surface area contributed by atoms with Gasteiger partial charge >= 0.3 is 0 Å². The van der Waals surface area contributed by atoms with Gasteiger partial charge in [0.15, 0.2) is 0 Å². The molecule has 0 bridgehead atoms. The maximum Gasteiger partial charge on any atom is 0.0656 e. The van der Waals surface area contributed by atoms with Crippen LogP contribution in [0.2, 0.25) is 0 Å². The second-order valence-electron chi connectivity index (χ2n) is 4.15. The predicted molar refractivity (Wildman–Crippen MR) is 54.7 cm³/mol. The second-order valence-corrected chi connectivity index (χ2v) is 4.15. The summed E-state index contributed by atoms with van der Waals surface area (Å²) in [7, 11) is 1.74. The van der Waals surface area contributed by atoms with Crippen LogP contribution in [0.5, 0.6) is 0 Å². The van der Waals surface area contributed by atoms with E-state index in [1.54, 1.807) is 7.11 Å². The van der Waals surface area contributed by atoms with E-state index in [9.17, 15) is 0 Å². The van der Waals surface area contributed by atoms with Crippen molar-refractivity contribution in [2.45, 2.75) is 38.3 Å². The molecule has 1 atom stereocenters. The fourth-order valence-electron chi connectivity index (χ4n) is 2.04. The summed E-state index contributed by atoms with van der Waals surface area (Å²) in [5, 5.41) is 0. The van der Waals surface area contributed by atoms with Crippen LogP contribution in [0.1, 0.15) is 26.7 Å². The van der Waals surface area contributed by atoms with Gasteiger partial charge in [-0.05, 0) is 26.3 Å². The number of ether oxygens (including phenoxy) is 1. The zero-order chi connectivity index (χ0) is 9.90. The van der Waals surface area contributed by atoms with Crippen molar-refractivity contribution in [3.8, 4) is 0 Å². The van der Waals surface area contributed by atoms with E-state index in [4.69, 9.17) is 10.5 Å². The van der Waals surface area contributed by atoms with Crippen molar-refractivity contribution in [1.29, 1.82) is 0 Å². The van der Waals surface area contributed by atoms with Gasteiger partial charge in [0, 0.05) is 19.7 Å². The molecule has 1 rings (SSSR count). The molecule has 0 radical (unpaired) electrons. The summed E-state index contributed by atoms with van der Waals surface area (Å²) in [4.78, 5) is 2.48. The third kappa shape index (κ3) is 2.42. The van der Waals surface area contributed by atoms with E-state index in [2.05, 4.69) is 18.7 Å². The van der Waals surface area contributed by atoms with Gasteiger partial charge in [-0.2, -0.15) is 0 Å². The van der Waals surface area contributed by atoms with Crippen molar-refractivity contribution < 1.29 is 4.74 Å². The summed E-state index contributed by atoms with van der Waals surface area (Å²) < 4.78 is 5.24. The van der Waals surface area contributed by atoms with Gasteiger partial charge in [0.05, 0.1) is 12.1 Å². The summed E-state index contributed by atoms with van der Waals surface area (Å²) in [5.41, 5.74) is 5.85.